The molecule has 10 heteroatoms. The summed E-state index contributed by atoms with van der Waals surface area (Å²) in [5.41, 5.74) is 1.76. The van der Waals surface area contributed by atoms with Crippen LogP contribution in [0.1, 0.15) is 45.0 Å². The van der Waals surface area contributed by atoms with Gasteiger partial charge >= 0.3 is 5.97 Å². The molecule has 0 N–H and O–H groups in total. The van der Waals surface area contributed by atoms with Crippen molar-refractivity contribution >= 4 is 52.3 Å². The number of hydrazone groups is 1. The summed E-state index contributed by atoms with van der Waals surface area (Å²) in [6.07, 6.45) is -0.494. The summed E-state index contributed by atoms with van der Waals surface area (Å²) in [4.78, 5) is 15.0. The molecule has 0 amide bonds. The first kappa shape index (κ1) is 28.9. The molecule has 0 spiro atoms. The van der Waals surface area contributed by atoms with Crippen molar-refractivity contribution in [3.8, 4) is 11.5 Å². The number of nitrogens with zero attached hydrogens (tertiary/aromatic N) is 3. The molecule has 0 aliphatic carbocycles. The number of anilines is 1. The number of carbonyl (C=O) groups excluding carboxylic acids is 1. The van der Waals surface area contributed by atoms with Crippen LogP contribution in [0.4, 0.5) is 5.69 Å². The number of hydrogen-bond acceptors (Lipinski definition) is 7. The van der Waals surface area contributed by atoms with Crippen molar-refractivity contribution in [2.75, 3.05) is 18.7 Å². The second-order valence-electron chi connectivity index (χ2n) is 9.78. The van der Waals surface area contributed by atoms with Gasteiger partial charge in [-0.05, 0) is 76.2 Å². The van der Waals surface area contributed by atoms with Crippen molar-refractivity contribution < 1.29 is 19.0 Å². The highest BCUT2D eigenvalue weighted by Crippen LogP contribution is 2.43. The lowest BCUT2D eigenvalue weighted by molar-refractivity contribution is -0.136. The molecule has 206 valence electrons. The Morgan fingerprint density at radius 3 is 2.23 bits per heavy atom. The Morgan fingerprint density at radius 2 is 1.64 bits per heavy atom. The summed E-state index contributed by atoms with van der Waals surface area (Å²) in [7, 11) is 1.57. The number of hydrogen-bond donors (Lipinski definition) is 0. The first-order chi connectivity index (χ1) is 18.5. The Balaban J connectivity index is 1.76. The molecule has 1 heterocycles. The van der Waals surface area contributed by atoms with Gasteiger partial charge in [0.15, 0.2) is 17.7 Å². The third-order valence-corrected chi connectivity index (χ3v) is 7.06. The van der Waals surface area contributed by atoms with Crippen molar-refractivity contribution in [3.63, 3.8) is 0 Å². The second-order valence-corrected chi connectivity index (χ2v) is 11.0. The molecule has 1 atom stereocenters. The number of halogens is 3. The lowest BCUT2D eigenvalue weighted by Gasteiger charge is -2.40. The van der Waals surface area contributed by atoms with Crippen LogP contribution in [0.25, 0.3) is 0 Å². The maximum atomic E-state index is 13.1. The fourth-order valence-electron chi connectivity index (χ4n) is 4.32. The Morgan fingerprint density at radius 1 is 0.974 bits per heavy atom. The average Bonchev–Trinajstić information content (AvgIpc) is 3.31. The normalized spacial score (nSPS) is 15.3. The van der Waals surface area contributed by atoms with E-state index in [9.17, 15) is 4.79 Å². The molecule has 7 nitrogen and oxygen atoms in total. The van der Waals surface area contributed by atoms with Crippen molar-refractivity contribution in [2.24, 2.45) is 5.10 Å². The molecule has 0 fully saturated rings. The third-order valence-electron chi connectivity index (χ3n) is 6.10. The van der Waals surface area contributed by atoms with E-state index in [1.54, 1.807) is 49.4 Å². The minimum atomic E-state index is -0.502. The van der Waals surface area contributed by atoms with Crippen molar-refractivity contribution in [3.05, 3.63) is 86.9 Å². The van der Waals surface area contributed by atoms with Crippen LogP contribution in [0.15, 0.2) is 65.8 Å². The summed E-state index contributed by atoms with van der Waals surface area (Å²) >= 11 is 18.8. The number of carbonyl (C=O) groups is 1. The average molecular weight is 591 g/mol. The van der Waals surface area contributed by atoms with Gasteiger partial charge in [-0.2, -0.15) is 0 Å². The molecule has 1 aliphatic heterocycles. The summed E-state index contributed by atoms with van der Waals surface area (Å²) in [5, 5.41) is 8.16. The largest absolute Gasteiger partial charge is 0.493 e. The first-order valence-corrected chi connectivity index (χ1v) is 13.5. The molecule has 0 aromatic heterocycles. The lowest BCUT2D eigenvalue weighted by Crippen LogP contribution is -2.49. The number of esters is 1. The maximum Gasteiger partial charge on any atom is 0.376 e. The van der Waals surface area contributed by atoms with Gasteiger partial charge in [-0.1, -0.05) is 46.9 Å². The van der Waals surface area contributed by atoms with Gasteiger partial charge in [0.25, 0.3) is 0 Å². The smallest absolute Gasteiger partial charge is 0.376 e. The van der Waals surface area contributed by atoms with E-state index in [4.69, 9.17) is 54.1 Å². The second kappa shape index (κ2) is 11.9. The Labute approximate surface area is 243 Å². The number of amidine groups is 1. The molecular weight excluding hydrogens is 561 g/mol. The van der Waals surface area contributed by atoms with Crippen LogP contribution in [-0.4, -0.2) is 36.0 Å². The third kappa shape index (κ3) is 6.21. The van der Waals surface area contributed by atoms with Gasteiger partial charge in [0.2, 0.25) is 5.84 Å². The highest BCUT2D eigenvalue weighted by Gasteiger charge is 2.45. The molecule has 39 heavy (non-hydrogen) atoms. The summed E-state index contributed by atoms with van der Waals surface area (Å²) in [6, 6.07) is 18.2. The fraction of sp³-hybridized carbons (Fsp3) is 0.310. The van der Waals surface area contributed by atoms with Crippen LogP contribution in [0.2, 0.25) is 15.1 Å². The van der Waals surface area contributed by atoms with Crippen LogP contribution >= 0.6 is 34.8 Å². The monoisotopic (exact) mass is 589 g/mol. The molecular formula is C29H30Cl3N3O4. The number of rotatable bonds is 8. The zero-order valence-electron chi connectivity index (χ0n) is 22.4. The minimum Gasteiger partial charge on any atom is -0.493 e. The predicted octanol–water partition coefficient (Wildman–Crippen LogP) is 7.73. The quantitative estimate of drug-likeness (QED) is 0.250. The topological polar surface area (TPSA) is 63.6 Å². The molecule has 0 bridgehead atoms. The number of methoxy groups -OCH3 is 1. The van der Waals surface area contributed by atoms with Crippen molar-refractivity contribution in [2.45, 2.75) is 46.0 Å². The highest BCUT2D eigenvalue weighted by atomic mass is 35.5. The molecule has 0 unspecified atom stereocenters. The zero-order chi connectivity index (χ0) is 28.3. The minimum absolute atomic E-state index is 0.165. The predicted molar refractivity (Wildman–Crippen MR) is 156 cm³/mol. The van der Waals surface area contributed by atoms with E-state index < -0.39 is 17.7 Å². The van der Waals surface area contributed by atoms with Crippen molar-refractivity contribution in [1.82, 2.24) is 4.90 Å². The van der Waals surface area contributed by atoms with Gasteiger partial charge in [0.05, 0.1) is 19.4 Å². The Bertz CT molecular complexity index is 1350. The summed E-state index contributed by atoms with van der Waals surface area (Å²) in [5.74, 6) is 0.724. The maximum absolute atomic E-state index is 13.1. The molecule has 4 rings (SSSR count). The van der Waals surface area contributed by atoms with E-state index in [1.807, 2.05) is 56.0 Å². The zero-order valence-corrected chi connectivity index (χ0v) is 24.6. The van der Waals surface area contributed by atoms with Gasteiger partial charge in [-0.3, -0.25) is 0 Å². The molecule has 3 aromatic carbocycles. The lowest BCUT2D eigenvalue weighted by atomic mass is 10.0. The van der Waals surface area contributed by atoms with Crippen molar-refractivity contribution in [1.29, 1.82) is 0 Å². The highest BCUT2D eigenvalue weighted by molar-refractivity contribution is 6.36. The van der Waals surface area contributed by atoms with Crippen LogP contribution in [-0.2, 0) is 16.1 Å². The van der Waals surface area contributed by atoms with Gasteiger partial charge in [0.1, 0.15) is 6.61 Å². The van der Waals surface area contributed by atoms with Crippen LogP contribution in [0.3, 0.4) is 0 Å². The van der Waals surface area contributed by atoms with Crippen LogP contribution < -0.4 is 14.5 Å². The molecule has 0 saturated carbocycles. The van der Waals surface area contributed by atoms with E-state index in [0.717, 1.165) is 11.3 Å². The van der Waals surface area contributed by atoms with Crippen LogP contribution in [0, 0.1) is 0 Å². The van der Waals surface area contributed by atoms with E-state index in [1.165, 1.54) is 0 Å². The Hall–Kier alpha value is -3.13. The summed E-state index contributed by atoms with van der Waals surface area (Å²) < 4.78 is 17.1. The number of benzene rings is 3. The van der Waals surface area contributed by atoms with E-state index in [-0.39, 0.29) is 19.0 Å². The van der Waals surface area contributed by atoms with Gasteiger partial charge in [0, 0.05) is 31.7 Å². The van der Waals surface area contributed by atoms with E-state index in [0.29, 0.717) is 32.1 Å². The summed E-state index contributed by atoms with van der Waals surface area (Å²) in [6.45, 7) is 8.21. The van der Waals surface area contributed by atoms with E-state index >= 15 is 0 Å². The van der Waals surface area contributed by atoms with Gasteiger partial charge in [-0.25, -0.2) is 9.80 Å². The van der Waals surface area contributed by atoms with Crippen LogP contribution in [0.5, 0.6) is 11.5 Å². The molecule has 0 saturated heterocycles. The van der Waals surface area contributed by atoms with Gasteiger partial charge in [-0.15, -0.1) is 5.10 Å². The first-order valence-electron chi connectivity index (χ1n) is 12.4. The Kier molecular flexibility index (Phi) is 8.84. The molecule has 3 aromatic rings. The SMILES string of the molecule is CCOC(=O)C1=NN(c2ccc(Cl)cc2)[C@@H](c2ccc(OCc3c(Cl)cccc3Cl)c(OC)c2)N1C(C)(C)C. The molecule has 1 aliphatic rings. The molecule has 0 radical (unpaired) electrons. The standard InChI is InChI=1S/C29H30Cl3N3O4/c1-6-38-28(36)26-33-35(20-13-11-19(30)12-14-20)27(34(26)29(2,3)4)18-10-15-24(25(16-18)37-5)39-17-21-22(31)8-7-9-23(21)32/h7-16,27H,6,17H2,1-5H3/t27-/m0/s1. The number of ether oxygens (including phenoxy) is 3. The van der Waals surface area contributed by atoms with Gasteiger partial charge < -0.3 is 19.1 Å². The van der Waals surface area contributed by atoms with E-state index in [2.05, 4.69) is 0 Å². The fourth-order valence-corrected chi connectivity index (χ4v) is 4.95.